The number of ketones is 1. The molecule has 0 bridgehead atoms. The first-order valence-corrected chi connectivity index (χ1v) is 10.5. The standard InChI is InChI=1S/C22H30N2O7/c1-13(2)7-16(19(27)22(11-26)12-31-22)23-21(29)17(9-25)24-20(28)15-8-14-5-3-4-6-18(14)30-10-15/h3-6,13,15-17,25-26H,7-12H2,1-2H3,(H,23,29)(H,24,28)/t15-,16+,17+,22-/m1/s1. The molecule has 0 aliphatic carbocycles. The van der Waals surface area contributed by atoms with E-state index >= 15 is 0 Å². The van der Waals surface area contributed by atoms with E-state index in [1.165, 1.54) is 0 Å². The number of hydrogen-bond donors (Lipinski definition) is 4. The van der Waals surface area contributed by atoms with Crippen LogP contribution in [0.5, 0.6) is 5.75 Å². The SMILES string of the molecule is CC(C)C[C@H](NC(=O)[C@H](CO)NC(=O)[C@H]1COc2ccccc2C1)C(=O)[C@@]1(CO)CO1. The number of carbonyl (C=O) groups is 3. The topological polar surface area (TPSA) is 137 Å². The van der Waals surface area contributed by atoms with Gasteiger partial charge >= 0.3 is 0 Å². The predicted molar refractivity (Wildman–Crippen MR) is 110 cm³/mol. The number of nitrogens with one attached hydrogen (secondary N) is 2. The van der Waals surface area contributed by atoms with Gasteiger partial charge in [0.25, 0.3) is 0 Å². The van der Waals surface area contributed by atoms with Crippen molar-refractivity contribution in [3.05, 3.63) is 29.8 Å². The summed E-state index contributed by atoms with van der Waals surface area (Å²) in [6.45, 7) is 3.01. The number of rotatable bonds is 10. The molecule has 4 atom stereocenters. The van der Waals surface area contributed by atoms with Gasteiger partial charge in [-0.1, -0.05) is 32.0 Å². The number of carbonyl (C=O) groups excluding carboxylic acids is 3. The first kappa shape index (κ1) is 23.2. The Hall–Kier alpha value is -2.49. The van der Waals surface area contributed by atoms with Gasteiger partial charge in [-0.3, -0.25) is 14.4 Å². The van der Waals surface area contributed by atoms with Gasteiger partial charge in [-0.15, -0.1) is 0 Å². The maximum Gasteiger partial charge on any atom is 0.245 e. The summed E-state index contributed by atoms with van der Waals surface area (Å²) in [6, 6.07) is 5.33. The van der Waals surface area contributed by atoms with E-state index < -0.39 is 54.4 Å². The van der Waals surface area contributed by atoms with Crippen molar-refractivity contribution in [2.45, 2.75) is 44.4 Å². The lowest BCUT2D eigenvalue weighted by Crippen LogP contribution is -2.56. The number of ether oxygens (including phenoxy) is 2. The molecule has 1 aromatic rings. The number of amides is 2. The Labute approximate surface area is 181 Å². The zero-order chi connectivity index (χ0) is 22.6. The quantitative estimate of drug-likeness (QED) is 0.367. The third-order valence-corrected chi connectivity index (χ3v) is 5.60. The zero-order valence-electron chi connectivity index (χ0n) is 17.8. The molecule has 1 aromatic carbocycles. The van der Waals surface area contributed by atoms with Crippen LogP contribution in [-0.2, 0) is 25.5 Å². The average Bonchev–Trinajstić information content (AvgIpc) is 3.56. The highest BCUT2D eigenvalue weighted by molar-refractivity contribution is 5.98. The van der Waals surface area contributed by atoms with Gasteiger partial charge < -0.3 is 30.3 Å². The van der Waals surface area contributed by atoms with Crippen LogP contribution in [0, 0.1) is 11.8 Å². The first-order chi connectivity index (χ1) is 14.8. The second-order valence-electron chi connectivity index (χ2n) is 8.56. The van der Waals surface area contributed by atoms with Crippen LogP contribution in [0.25, 0.3) is 0 Å². The highest BCUT2D eigenvalue weighted by Crippen LogP contribution is 2.30. The van der Waals surface area contributed by atoms with Gasteiger partial charge in [0.2, 0.25) is 11.8 Å². The second kappa shape index (κ2) is 9.76. The van der Waals surface area contributed by atoms with Crippen LogP contribution in [0.4, 0.5) is 0 Å². The fourth-order valence-corrected chi connectivity index (χ4v) is 3.67. The number of para-hydroxylation sites is 1. The molecular weight excluding hydrogens is 404 g/mol. The molecule has 3 rings (SSSR count). The fourth-order valence-electron chi connectivity index (χ4n) is 3.67. The van der Waals surface area contributed by atoms with E-state index in [9.17, 15) is 24.6 Å². The van der Waals surface area contributed by atoms with Crippen molar-refractivity contribution >= 4 is 17.6 Å². The molecular formula is C22H30N2O7. The van der Waals surface area contributed by atoms with Gasteiger partial charge in [-0.05, 0) is 30.4 Å². The minimum atomic E-state index is -1.27. The van der Waals surface area contributed by atoms with Crippen LogP contribution in [0.1, 0.15) is 25.8 Å². The molecule has 0 unspecified atom stereocenters. The molecule has 1 saturated heterocycles. The number of epoxide rings is 1. The third kappa shape index (κ3) is 5.41. The number of hydrogen-bond acceptors (Lipinski definition) is 7. The summed E-state index contributed by atoms with van der Waals surface area (Å²) in [5.74, 6) is -1.16. The maximum absolute atomic E-state index is 12.8. The molecule has 4 N–H and O–H groups in total. The molecule has 0 spiro atoms. The number of aliphatic hydroxyl groups is 2. The Morgan fingerprint density at radius 2 is 1.87 bits per heavy atom. The van der Waals surface area contributed by atoms with Gasteiger partial charge in [0.1, 0.15) is 18.4 Å². The molecule has 9 heteroatoms. The summed E-state index contributed by atoms with van der Waals surface area (Å²) in [6.07, 6.45) is 0.807. The third-order valence-electron chi connectivity index (χ3n) is 5.60. The number of Topliss-reactive ketones (excluding diaryl/α,β-unsaturated/α-hetero) is 1. The largest absolute Gasteiger partial charge is 0.492 e. The van der Waals surface area contributed by atoms with Crippen LogP contribution in [0.3, 0.4) is 0 Å². The Morgan fingerprint density at radius 3 is 2.48 bits per heavy atom. The highest BCUT2D eigenvalue weighted by Gasteiger charge is 2.54. The summed E-state index contributed by atoms with van der Waals surface area (Å²) in [4.78, 5) is 38.2. The Kier molecular flexibility index (Phi) is 7.30. The summed E-state index contributed by atoms with van der Waals surface area (Å²) < 4.78 is 10.8. The molecule has 2 aliphatic heterocycles. The van der Waals surface area contributed by atoms with E-state index in [-0.39, 0.29) is 19.1 Å². The van der Waals surface area contributed by atoms with Crippen molar-refractivity contribution in [3.63, 3.8) is 0 Å². The van der Waals surface area contributed by atoms with Crippen molar-refractivity contribution in [2.75, 3.05) is 26.4 Å². The second-order valence-corrected chi connectivity index (χ2v) is 8.56. The number of benzene rings is 1. The molecule has 2 heterocycles. The van der Waals surface area contributed by atoms with Crippen LogP contribution in [0.2, 0.25) is 0 Å². The van der Waals surface area contributed by atoms with E-state index in [0.717, 1.165) is 11.3 Å². The molecule has 31 heavy (non-hydrogen) atoms. The average molecular weight is 434 g/mol. The van der Waals surface area contributed by atoms with Crippen LogP contribution in [0.15, 0.2) is 24.3 Å². The number of aliphatic hydroxyl groups excluding tert-OH is 2. The number of fused-ring (bicyclic) bond motifs is 1. The highest BCUT2D eigenvalue weighted by atomic mass is 16.6. The van der Waals surface area contributed by atoms with Crippen LogP contribution >= 0.6 is 0 Å². The molecule has 0 saturated carbocycles. The lowest BCUT2D eigenvalue weighted by molar-refractivity contribution is -0.135. The van der Waals surface area contributed by atoms with Crippen molar-refractivity contribution in [3.8, 4) is 5.75 Å². The van der Waals surface area contributed by atoms with Crippen molar-refractivity contribution < 1.29 is 34.1 Å². The minimum absolute atomic E-state index is 0.0883. The van der Waals surface area contributed by atoms with Crippen LogP contribution in [-0.4, -0.2) is 71.9 Å². The molecule has 2 aliphatic rings. The molecule has 0 aromatic heterocycles. The van der Waals surface area contributed by atoms with E-state index in [4.69, 9.17) is 9.47 Å². The molecule has 1 fully saturated rings. The Balaban J connectivity index is 1.62. The fraction of sp³-hybridized carbons (Fsp3) is 0.591. The van der Waals surface area contributed by atoms with E-state index in [2.05, 4.69) is 10.6 Å². The predicted octanol–water partition coefficient (Wildman–Crippen LogP) is -0.424. The van der Waals surface area contributed by atoms with E-state index in [1.807, 2.05) is 38.1 Å². The molecule has 9 nitrogen and oxygen atoms in total. The van der Waals surface area contributed by atoms with Gasteiger partial charge in [-0.25, -0.2) is 0 Å². The smallest absolute Gasteiger partial charge is 0.245 e. The maximum atomic E-state index is 12.8. The van der Waals surface area contributed by atoms with E-state index in [0.29, 0.717) is 12.8 Å². The summed E-state index contributed by atoms with van der Waals surface area (Å²) in [7, 11) is 0. The zero-order valence-corrected chi connectivity index (χ0v) is 17.8. The van der Waals surface area contributed by atoms with Crippen molar-refractivity contribution in [2.24, 2.45) is 11.8 Å². The van der Waals surface area contributed by atoms with E-state index in [1.54, 1.807) is 0 Å². The summed E-state index contributed by atoms with van der Waals surface area (Å²) in [5, 5.41) is 24.3. The first-order valence-electron chi connectivity index (χ1n) is 10.5. The molecule has 2 amide bonds. The lowest BCUT2D eigenvalue weighted by Gasteiger charge is -2.27. The normalized spacial score (nSPS) is 23.8. The van der Waals surface area contributed by atoms with Gasteiger partial charge in [-0.2, -0.15) is 0 Å². The minimum Gasteiger partial charge on any atom is -0.492 e. The molecule has 0 radical (unpaired) electrons. The summed E-state index contributed by atoms with van der Waals surface area (Å²) >= 11 is 0. The monoisotopic (exact) mass is 434 g/mol. The summed E-state index contributed by atoms with van der Waals surface area (Å²) in [5.41, 5.74) is -0.363. The Bertz CT molecular complexity index is 822. The lowest BCUT2D eigenvalue weighted by atomic mass is 9.92. The van der Waals surface area contributed by atoms with Crippen molar-refractivity contribution in [1.29, 1.82) is 0 Å². The van der Waals surface area contributed by atoms with Crippen LogP contribution < -0.4 is 15.4 Å². The van der Waals surface area contributed by atoms with Gasteiger partial charge in [0.15, 0.2) is 11.4 Å². The Morgan fingerprint density at radius 1 is 1.16 bits per heavy atom. The van der Waals surface area contributed by atoms with Gasteiger partial charge in [0.05, 0.1) is 31.8 Å². The van der Waals surface area contributed by atoms with Gasteiger partial charge in [0, 0.05) is 0 Å². The molecule has 170 valence electrons. The van der Waals surface area contributed by atoms with Crippen molar-refractivity contribution in [1.82, 2.24) is 10.6 Å².